The first-order chi connectivity index (χ1) is 9.84. The third-order valence-corrected chi connectivity index (χ3v) is 3.79. The van der Waals surface area contributed by atoms with Crippen molar-refractivity contribution in [3.63, 3.8) is 0 Å². The molecule has 1 aliphatic heterocycles. The van der Waals surface area contributed by atoms with Gasteiger partial charge in [-0.05, 0) is 17.5 Å². The molecule has 1 amide bonds. The third kappa shape index (κ3) is 1.54. The van der Waals surface area contributed by atoms with E-state index in [9.17, 15) is 4.79 Å². The lowest BCUT2D eigenvalue weighted by Crippen LogP contribution is -2.30. The average Bonchev–Trinajstić information content (AvgIpc) is 3.08. The molecule has 0 fully saturated rings. The molecule has 98 valence electrons. The van der Waals surface area contributed by atoms with Crippen molar-refractivity contribution in [3.05, 3.63) is 60.7 Å². The Kier molecular flexibility index (Phi) is 2.36. The van der Waals surface area contributed by atoms with Gasteiger partial charge in [0.1, 0.15) is 0 Å². The number of nitrogens with zero attached hydrogens (tertiary/aromatic N) is 3. The maximum atomic E-state index is 12.5. The molecule has 4 rings (SSSR count). The van der Waals surface area contributed by atoms with Crippen LogP contribution in [-0.2, 0) is 6.54 Å². The van der Waals surface area contributed by atoms with E-state index >= 15 is 0 Å². The molecule has 0 atom stereocenters. The van der Waals surface area contributed by atoms with Crippen molar-refractivity contribution in [1.29, 1.82) is 0 Å². The fourth-order valence-electron chi connectivity index (χ4n) is 2.84. The van der Waals surface area contributed by atoms with Crippen molar-refractivity contribution in [2.45, 2.75) is 6.54 Å². The summed E-state index contributed by atoms with van der Waals surface area (Å²) in [5.41, 5.74) is 1.83. The normalized spacial score (nSPS) is 13.4. The van der Waals surface area contributed by atoms with Gasteiger partial charge in [-0.2, -0.15) is 0 Å². The van der Waals surface area contributed by atoms with Crippen LogP contribution in [0.2, 0.25) is 0 Å². The van der Waals surface area contributed by atoms with Crippen LogP contribution in [0.25, 0.3) is 10.8 Å². The number of imidazole rings is 1. The van der Waals surface area contributed by atoms with Crippen molar-refractivity contribution in [2.75, 3.05) is 11.4 Å². The van der Waals surface area contributed by atoms with Gasteiger partial charge >= 0.3 is 0 Å². The summed E-state index contributed by atoms with van der Waals surface area (Å²) in [5.74, 6) is 0.0944. The maximum Gasteiger partial charge on any atom is 0.259 e. The smallest absolute Gasteiger partial charge is 0.259 e. The highest BCUT2D eigenvalue weighted by Crippen LogP contribution is 2.36. The first-order valence-electron chi connectivity index (χ1n) is 6.64. The molecule has 20 heavy (non-hydrogen) atoms. The molecule has 0 aliphatic carbocycles. The van der Waals surface area contributed by atoms with Crippen LogP contribution < -0.4 is 4.90 Å². The molecule has 2 heterocycles. The summed E-state index contributed by atoms with van der Waals surface area (Å²) >= 11 is 0. The lowest BCUT2D eigenvalue weighted by molar-refractivity contribution is 0.0992. The highest BCUT2D eigenvalue weighted by molar-refractivity contribution is 6.24. The Morgan fingerprint density at radius 2 is 1.90 bits per heavy atom. The largest absolute Gasteiger partial charge is 0.336 e. The number of carbonyl (C=O) groups excluding carboxylic acids is 1. The minimum Gasteiger partial charge on any atom is -0.336 e. The quantitative estimate of drug-likeness (QED) is 0.728. The Bertz CT molecular complexity index is 787. The molecule has 1 aromatic heterocycles. The van der Waals surface area contributed by atoms with E-state index in [1.165, 1.54) is 0 Å². The summed E-state index contributed by atoms with van der Waals surface area (Å²) in [6, 6.07) is 12.0. The molecule has 0 bridgehead atoms. The third-order valence-electron chi connectivity index (χ3n) is 3.79. The standard InChI is InChI=1S/C16H13N3O/c20-16-13-5-1-3-12-4-2-6-14(15(12)13)19(16)10-9-18-8-7-17-11-18/h1-8,11H,9-10H2. The van der Waals surface area contributed by atoms with Crippen LogP contribution in [0.15, 0.2) is 55.1 Å². The molecular formula is C16H13N3O. The minimum atomic E-state index is 0.0944. The van der Waals surface area contributed by atoms with Gasteiger partial charge in [0, 0.05) is 36.4 Å². The van der Waals surface area contributed by atoms with E-state index in [1.807, 2.05) is 39.9 Å². The highest BCUT2D eigenvalue weighted by Gasteiger charge is 2.28. The Morgan fingerprint density at radius 3 is 2.70 bits per heavy atom. The molecule has 0 saturated carbocycles. The van der Waals surface area contributed by atoms with Crippen LogP contribution in [0, 0.1) is 0 Å². The molecular weight excluding hydrogens is 250 g/mol. The topological polar surface area (TPSA) is 38.1 Å². The Morgan fingerprint density at radius 1 is 1.05 bits per heavy atom. The van der Waals surface area contributed by atoms with E-state index < -0.39 is 0 Å². The number of hydrogen-bond donors (Lipinski definition) is 0. The van der Waals surface area contributed by atoms with E-state index in [1.54, 1.807) is 12.5 Å². The highest BCUT2D eigenvalue weighted by atomic mass is 16.2. The van der Waals surface area contributed by atoms with Crippen molar-refractivity contribution in [3.8, 4) is 0 Å². The summed E-state index contributed by atoms with van der Waals surface area (Å²) < 4.78 is 1.98. The molecule has 2 aromatic carbocycles. The number of anilines is 1. The van der Waals surface area contributed by atoms with Gasteiger partial charge in [-0.3, -0.25) is 4.79 Å². The van der Waals surface area contributed by atoms with Gasteiger partial charge in [0.2, 0.25) is 0 Å². The number of amides is 1. The van der Waals surface area contributed by atoms with Crippen LogP contribution >= 0.6 is 0 Å². The fraction of sp³-hybridized carbons (Fsp3) is 0.125. The summed E-state index contributed by atoms with van der Waals surface area (Å²) in [7, 11) is 0. The Labute approximate surface area is 116 Å². The van der Waals surface area contributed by atoms with Gasteiger partial charge in [-0.1, -0.05) is 24.3 Å². The summed E-state index contributed by atoms with van der Waals surface area (Å²) in [6.07, 6.45) is 5.43. The molecule has 0 spiro atoms. The first kappa shape index (κ1) is 11.2. The van der Waals surface area contributed by atoms with Gasteiger partial charge in [0.25, 0.3) is 5.91 Å². The van der Waals surface area contributed by atoms with Gasteiger partial charge in [0.15, 0.2) is 0 Å². The lowest BCUT2D eigenvalue weighted by atomic mass is 10.1. The second kappa shape index (κ2) is 4.20. The van der Waals surface area contributed by atoms with Crippen molar-refractivity contribution < 1.29 is 4.79 Å². The average molecular weight is 263 g/mol. The zero-order valence-corrected chi connectivity index (χ0v) is 10.9. The van der Waals surface area contributed by atoms with E-state index in [0.29, 0.717) is 6.54 Å². The van der Waals surface area contributed by atoms with Gasteiger partial charge in [-0.25, -0.2) is 4.98 Å². The van der Waals surface area contributed by atoms with E-state index in [-0.39, 0.29) is 5.91 Å². The number of hydrogen-bond acceptors (Lipinski definition) is 2. The molecule has 1 aliphatic rings. The van der Waals surface area contributed by atoms with E-state index in [0.717, 1.165) is 28.6 Å². The molecule has 4 heteroatoms. The van der Waals surface area contributed by atoms with E-state index in [4.69, 9.17) is 0 Å². The number of benzene rings is 2. The predicted molar refractivity (Wildman–Crippen MR) is 77.9 cm³/mol. The van der Waals surface area contributed by atoms with Crippen molar-refractivity contribution in [1.82, 2.24) is 9.55 Å². The molecule has 3 aromatic rings. The summed E-state index contributed by atoms with van der Waals surface area (Å²) in [6.45, 7) is 1.40. The van der Waals surface area contributed by atoms with Crippen LogP contribution in [0.3, 0.4) is 0 Å². The van der Waals surface area contributed by atoms with Crippen molar-refractivity contribution >= 4 is 22.4 Å². The van der Waals surface area contributed by atoms with Crippen LogP contribution in [0.1, 0.15) is 10.4 Å². The number of aromatic nitrogens is 2. The van der Waals surface area contributed by atoms with E-state index in [2.05, 4.69) is 17.1 Å². The zero-order valence-electron chi connectivity index (χ0n) is 10.9. The second-order valence-corrected chi connectivity index (χ2v) is 4.94. The molecule has 0 saturated heterocycles. The summed E-state index contributed by atoms with van der Waals surface area (Å²) in [4.78, 5) is 18.4. The fourth-order valence-corrected chi connectivity index (χ4v) is 2.84. The maximum absolute atomic E-state index is 12.5. The molecule has 4 nitrogen and oxygen atoms in total. The molecule has 0 radical (unpaired) electrons. The monoisotopic (exact) mass is 263 g/mol. The second-order valence-electron chi connectivity index (χ2n) is 4.94. The SMILES string of the molecule is O=C1c2cccc3cccc(c23)N1CCn1ccnc1. The Hall–Kier alpha value is -2.62. The van der Waals surface area contributed by atoms with Gasteiger partial charge in [-0.15, -0.1) is 0 Å². The minimum absolute atomic E-state index is 0.0944. The van der Waals surface area contributed by atoms with Crippen molar-refractivity contribution in [2.24, 2.45) is 0 Å². The molecule has 0 unspecified atom stereocenters. The van der Waals surface area contributed by atoms with Crippen LogP contribution in [-0.4, -0.2) is 22.0 Å². The van der Waals surface area contributed by atoms with Crippen LogP contribution in [0.4, 0.5) is 5.69 Å². The Balaban J connectivity index is 1.73. The zero-order chi connectivity index (χ0) is 13.5. The van der Waals surface area contributed by atoms with Crippen LogP contribution in [0.5, 0.6) is 0 Å². The van der Waals surface area contributed by atoms with Gasteiger partial charge < -0.3 is 9.47 Å². The molecule has 0 N–H and O–H groups in total. The number of rotatable bonds is 3. The number of carbonyl (C=O) groups is 1. The first-order valence-corrected chi connectivity index (χ1v) is 6.64. The van der Waals surface area contributed by atoms with Gasteiger partial charge in [0.05, 0.1) is 12.0 Å². The summed E-state index contributed by atoms with van der Waals surface area (Å²) in [5, 5.41) is 2.20. The predicted octanol–water partition coefficient (Wildman–Crippen LogP) is 2.70. The lowest BCUT2D eigenvalue weighted by Gasteiger charge is -2.17.